The highest BCUT2D eigenvalue weighted by Crippen LogP contribution is 2.21. The van der Waals surface area contributed by atoms with Gasteiger partial charge in [0.1, 0.15) is 22.1 Å². The average Bonchev–Trinajstić information content (AvgIpc) is 3.16. The van der Waals surface area contributed by atoms with Crippen molar-refractivity contribution < 1.29 is 4.79 Å². The van der Waals surface area contributed by atoms with E-state index in [-0.39, 0.29) is 0 Å². The van der Waals surface area contributed by atoms with Crippen LogP contribution in [0.1, 0.15) is 0 Å². The second kappa shape index (κ2) is 4.81. The number of carbonyl (C=O) groups excluding carboxylic acids is 1. The van der Waals surface area contributed by atoms with Gasteiger partial charge in [-0.1, -0.05) is 12.1 Å². The van der Waals surface area contributed by atoms with Crippen LogP contribution in [0.2, 0.25) is 0 Å². The fourth-order valence-electron chi connectivity index (χ4n) is 2.21. The lowest BCUT2D eigenvalue weighted by molar-refractivity contribution is 0.262. The number of urea groups is 1. The van der Waals surface area contributed by atoms with E-state index >= 15 is 0 Å². The minimum atomic E-state index is -0.397. The van der Waals surface area contributed by atoms with Gasteiger partial charge in [-0.25, -0.2) is 4.79 Å². The van der Waals surface area contributed by atoms with Crippen LogP contribution in [0.3, 0.4) is 0 Å². The number of aromatic nitrogens is 6. The van der Waals surface area contributed by atoms with Crippen molar-refractivity contribution in [3.8, 4) is 0 Å². The zero-order valence-electron chi connectivity index (χ0n) is 11.2. The van der Waals surface area contributed by atoms with E-state index in [1.54, 1.807) is 36.4 Å². The molecule has 0 aliphatic rings. The minimum absolute atomic E-state index is 0.397. The Bertz CT molecular complexity index is 894. The molecule has 4 aromatic rings. The van der Waals surface area contributed by atoms with E-state index in [4.69, 9.17) is 0 Å². The van der Waals surface area contributed by atoms with Gasteiger partial charge >= 0.3 is 6.03 Å². The van der Waals surface area contributed by atoms with E-state index in [2.05, 4.69) is 41.5 Å². The molecule has 22 heavy (non-hydrogen) atoms. The van der Waals surface area contributed by atoms with Crippen molar-refractivity contribution in [1.82, 2.24) is 30.8 Å². The Labute approximate surface area is 123 Å². The number of benzene rings is 2. The molecule has 2 amide bonds. The Kier molecular flexibility index (Phi) is 2.68. The van der Waals surface area contributed by atoms with E-state index < -0.39 is 6.03 Å². The first-order valence-electron chi connectivity index (χ1n) is 6.48. The van der Waals surface area contributed by atoms with E-state index in [0.717, 1.165) is 0 Å². The Morgan fingerprint density at radius 2 is 1.27 bits per heavy atom. The number of carbonyl (C=O) groups is 1. The highest BCUT2D eigenvalue weighted by Gasteiger charge is 2.11. The van der Waals surface area contributed by atoms with Crippen LogP contribution < -0.4 is 10.6 Å². The van der Waals surface area contributed by atoms with Gasteiger partial charge in [-0.15, -0.1) is 0 Å². The van der Waals surface area contributed by atoms with E-state index in [1.165, 1.54) is 0 Å². The van der Waals surface area contributed by atoms with Crippen LogP contribution in [0.5, 0.6) is 0 Å². The highest BCUT2D eigenvalue weighted by molar-refractivity contribution is 6.07. The Hall–Kier alpha value is -3.49. The predicted molar refractivity (Wildman–Crippen MR) is 80.4 cm³/mol. The third kappa shape index (κ3) is 2.00. The number of anilines is 2. The topological polar surface area (TPSA) is 124 Å². The van der Waals surface area contributed by atoms with Gasteiger partial charge in [0.2, 0.25) is 0 Å². The molecule has 0 spiro atoms. The lowest BCUT2D eigenvalue weighted by atomic mass is 10.2. The van der Waals surface area contributed by atoms with Gasteiger partial charge in [-0.2, -0.15) is 30.8 Å². The number of nitrogens with zero attached hydrogens (tertiary/aromatic N) is 4. The molecule has 108 valence electrons. The molecule has 0 saturated carbocycles. The quantitative estimate of drug-likeness (QED) is 0.449. The number of amides is 2. The van der Waals surface area contributed by atoms with Gasteiger partial charge < -0.3 is 10.6 Å². The van der Waals surface area contributed by atoms with E-state index in [0.29, 0.717) is 33.4 Å². The van der Waals surface area contributed by atoms with Gasteiger partial charge in [0.25, 0.3) is 0 Å². The van der Waals surface area contributed by atoms with Crippen molar-refractivity contribution in [2.75, 3.05) is 10.6 Å². The standard InChI is InChI=1S/C13H10N8O/c22-13(14-7-3-1-5-9-11(7)18-20-16-9)15-8-4-2-6-10-12(8)19-21-17-10/h1-6H,(H2,14,15,22)(H,16,18,20)(H,17,19,21). The van der Waals surface area contributed by atoms with Crippen molar-refractivity contribution >= 4 is 39.5 Å². The summed E-state index contributed by atoms with van der Waals surface area (Å²) in [4.78, 5) is 12.2. The molecule has 2 heterocycles. The molecule has 0 saturated heterocycles. The maximum atomic E-state index is 12.2. The third-order valence-corrected chi connectivity index (χ3v) is 3.19. The molecule has 0 aliphatic carbocycles. The first-order valence-corrected chi connectivity index (χ1v) is 6.48. The van der Waals surface area contributed by atoms with Crippen LogP contribution in [0, 0.1) is 0 Å². The fraction of sp³-hybridized carbons (Fsp3) is 0. The zero-order chi connectivity index (χ0) is 14.9. The molecule has 0 unspecified atom stereocenters. The van der Waals surface area contributed by atoms with Gasteiger partial charge in [-0.3, -0.25) is 0 Å². The summed E-state index contributed by atoms with van der Waals surface area (Å²) in [5, 5.41) is 26.5. The largest absolute Gasteiger partial charge is 0.323 e. The Morgan fingerprint density at radius 1 is 0.773 bits per heavy atom. The summed E-state index contributed by atoms with van der Waals surface area (Å²) in [5.41, 5.74) is 3.68. The maximum absolute atomic E-state index is 12.2. The summed E-state index contributed by atoms with van der Waals surface area (Å²) >= 11 is 0. The number of hydrogen-bond acceptors (Lipinski definition) is 5. The van der Waals surface area contributed by atoms with Crippen molar-refractivity contribution in [2.24, 2.45) is 0 Å². The van der Waals surface area contributed by atoms with Crippen LogP contribution in [0.15, 0.2) is 36.4 Å². The summed E-state index contributed by atoms with van der Waals surface area (Å²) in [7, 11) is 0. The minimum Gasteiger partial charge on any atom is -0.305 e. The third-order valence-electron chi connectivity index (χ3n) is 3.19. The molecule has 0 atom stereocenters. The van der Waals surface area contributed by atoms with Crippen LogP contribution in [0.4, 0.5) is 16.2 Å². The van der Waals surface area contributed by atoms with Crippen LogP contribution in [-0.2, 0) is 0 Å². The maximum Gasteiger partial charge on any atom is 0.323 e. The van der Waals surface area contributed by atoms with Crippen LogP contribution >= 0.6 is 0 Å². The number of nitrogens with one attached hydrogen (secondary N) is 4. The Morgan fingerprint density at radius 3 is 1.77 bits per heavy atom. The number of H-pyrrole nitrogens is 2. The molecular formula is C13H10N8O. The summed E-state index contributed by atoms with van der Waals surface area (Å²) in [6.07, 6.45) is 0. The predicted octanol–water partition coefficient (Wildman–Crippen LogP) is 1.87. The molecule has 0 radical (unpaired) electrons. The summed E-state index contributed by atoms with van der Waals surface area (Å²) < 4.78 is 0. The highest BCUT2D eigenvalue weighted by atomic mass is 16.2. The zero-order valence-corrected chi connectivity index (χ0v) is 11.2. The Balaban J connectivity index is 1.60. The lowest BCUT2D eigenvalue weighted by Crippen LogP contribution is -2.19. The SMILES string of the molecule is O=C(Nc1cccc2n[nH]nc12)Nc1cccc2n[nH]nc12. The molecule has 9 heteroatoms. The van der Waals surface area contributed by atoms with Gasteiger partial charge in [-0.05, 0) is 24.3 Å². The first-order chi connectivity index (χ1) is 10.8. The average molecular weight is 294 g/mol. The second-order valence-electron chi connectivity index (χ2n) is 4.57. The summed E-state index contributed by atoms with van der Waals surface area (Å²) in [6.45, 7) is 0. The molecule has 0 bridgehead atoms. The molecule has 0 aliphatic heterocycles. The molecular weight excluding hydrogens is 284 g/mol. The fourth-order valence-corrected chi connectivity index (χ4v) is 2.21. The smallest absolute Gasteiger partial charge is 0.305 e. The van der Waals surface area contributed by atoms with Crippen molar-refractivity contribution in [3.63, 3.8) is 0 Å². The van der Waals surface area contributed by atoms with Crippen molar-refractivity contribution in [1.29, 1.82) is 0 Å². The molecule has 2 aromatic carbocycles. The first kappa shape index (κ1) is 12.3. The van der Waals surface area contributed by atoms with E-state index in [1.807, 2.05) is 0 Å². The molecule has 4 rings (SSSR count). The lowest BCUT2D eigenvalue weighted by Gasteiger charge is -2.07. The number of hydrogen-bond donors (Lipinski definition) is 4. The molecule has 0 fully saturated rings. The normalized spacial score (nSPS) is 10.9. The van der Waals surface area contributed by atoms with Crippen LogP contribution in [-0.4, -0.2) is 36.9 Å². The van der Waals surface area contributed by atoms with Gasteiger partial charge in [0.15, 0.2) is 0 Å². The van der Waals surface area contributed by atoms with E-state index in [9.17, 15) is 4.79 Å². The monoisotopic (exact) mass is 294 g/mol. The van der Waals surface area contributed by atoms with Gasteiger partial charge in [0, 0.05) is 0 Å². The van der Waals surface area contributed by atoms with Gasteiger partial charge in [0.05, 0.1) is 11.4 Å². The number of para-hydroxylation sites is 2. The van der Waals surface area contributed by atoms with Crippen molar-refractivity contribution in [3.05, 3.63) is 36.4 Å². The van der Waals surface area contributed by atoms with Crippen LogP contribution in [0.25, 0.3) is 22.1 Å². The molecule has 9 nitrogen and oxygen atoms in total. The molecule has 4 N–H and O–H groups in total. The molecule has 2 aromatic heterocycles. The second-order valence-corrected chi connectivity index (χ2v) is 4.57. The van der Waals surface area contributed by atoms with Crippen molar-refractivity contribution in [2.45, 2.75) is 0 Å². The number of fused-ring (bicyclic) bond motifs is 2. The number of aromatic amines is 2. The summed E-state index contributed by atoms with van der Waals surface area (Å²) in [6, 6.07) is 10.3. The number of rotatable bonds is 2. The summed E-state index contributed by atoms with van der Waals surface area (Å²) in [5.74, 6) is 0.